The van der Waals surface area contributed by atoms with Crippen LogP contribution in [0.15, 0.2) is 10.5 Å². The number of carbonyl (C=O) groups is 1. The third kappa shape index (κ3) is 7.92. The lowest BCUT2D eigenvalue weighted by Gasteiger charge is -2.12. The van der Waals surface area contributed by atoms with Crippen molar-refractivity contribution in [3.63, 3.8) is 0 Å². The number of nitrogens with zero attached hydrogens (tertiary/aromatic N) is 2. The van der Waals surface area contributed by atoms with Crippen LogP contribution in [-0.2, 0) is 0 Å². The molecule has 6 nitrogen and oxygen atoms in total. The molecule has 0 radical (unpaired) electrons. The van der Waals surface area contributed by atoms with Crippen molar-refractivity contribution < 1.29 is 4.79 Å². The Morgan fingerprint density at radius 1 is 1.32 bits per heavy atom. The molecule has 0 saturated heterocycles. The number of aryl methyl sites for hydroxylation is 1. The lowest BCUT2D eigenvalue weighted by Crippen LogP contribution is -2.41. The first kappa shape index (κ1) is 21.1. The zero-order chi connectivity index (χ0) is 15.7. The number of thiazole rings is 1. The molecule has 126 valence electrons. The molecule has 0 saturated carbocycles. The van der Waals surface area contributed by atoms with Gasteiger partial charge in [-0.15, -0.1) is 35.3 Å². The van der Waals surface area contributed by atoms with Crippen LogP contribution in [0.4, 0.5) is 0 Å². The maximum absolute atomic E-state index is 11.9. The molecule has 0 aliphatic rings. The van der Waals surface area contributed by atoms with Gasteiger partial charge in [-0.05, 0) is 19.8 Å². The summed E-state index contributed by atoms with van der Waals surface area (Å²) < 4.78 is 0. The van der Waals surface area contributed by atoms with E-state index in [0.717, 1.165) is 24.7 Å². The summed E-state index contributed by atoms with van der Waals surface area (Å²) in [6.07, 6.45) is 0. The molecule has 0 aliphatic carbocycles. The highest BCUT2D eigenvalue weighted by molar-refractivity contribution is 14.0. The van der Waals surface area contributed by atoms with E-state index in [-0.39, 0.29) is 29.9 Å². The van der Waals surface area contributed by atoms with E-state index in [9.17, 15) is 4.79 Å². The quantitative estimate of drug-likeness (QED) is 0.263. The fourth-order valence-electron chi connectivity index (χ4n) is 1.57. The zero-order valence-electron chi connectivity index (χ0n) is 13.6. The molecule has 8 heteroatoms. The molecule has 0 unspecified atom stereocenters. The SMILES string of the molecule is CCNC(=NCC(C)C)NCCNC(=O)c1scnc1C.I. The van der Waals surface area contributed by atoms with Gasteiger partial charge in [0.15, 0.2) is 5.96 Å². The van der Waals surface area contributed by atoms with Gasteiger partial charge in [-0.25, -0.2) is 4.98 Å². The second-order valence-electron chi connectivity index (χ2n) is 5.06. The van der Waals surface area contributed by atoms with E-state index in [4.69, 9.17) is 0 Å². The van der Waals surface area contributed by atoms with Crippen LogP contribution >= 0.6 is 35.3 Å². The van der Waals surface area contributed by atoms with Gasteiger partial charge < -0.3 is 16.0 Å². The fraction of sp³-hybridized carbons (Fsp3) is 0.643. The molecule has 0 spiro atoms. The van der Waals surface area contributed by atoms with Crippen molar-refractivity contribution in [1.82, 2.24) is 20.9 Å². The van der Waals surface area contributed by atoms with Crippen molar-refractivity contribution in [2.24, 2.45) is 10.9 Å². The van der Waals surface area contributed by atoms with E-state index < -0.39 is 0 Å². The monoisotopic (exact) mass is 439 g/mol. The Bertz CT molecular complexity index is 476. The topological polar surface area (TPSA) is 78.4 Å². The molecule has 1 aromatic heterocycles. The van der Waals surface area contributed by atoms with Gasteiger partial charge in [-0.2, -0.15) is 0 Å². The van der Waals surface area contributed by atoms with Crippen molar-refractivity contribution >= 4 is 47.2 Å². The summed E-state index contributed by atoms with van der Waals surface area (Å²) in [6, 6.07) is 0. The summed E-state index contributed by atoms with van der Waals surface area (Å²) in [5.41, 5.74) is 2.46. The van der Waals surface area contributed by atoms with E-state index in [2.05, 4.69) is 39.8 Å². The standard InChI is InChI=1S/C14H25N5OS.HI/c1-5-15-14(18-8-10(2)3)17-7-6-16-13(20)12-11(4)19-9-21-12;/h9-10H,5-8H2,1-4H3,(H,16,20)(H2,15,17,18);1H. The number of aliphatic imine (C=N–C) groups is 1. The molecular formula is C14H26IN5OS. The van der Waals surface area contributed by atoms with Gasteiger partial charge in [0.1, 0.15) is 4.88 Å². The molecule has 0 aliphatic heterocycles. The number of halogens is 1. The van der Waals surface area contributed by atoms with E-state index in [0.29, 0.717) is 23.9 Å². The molecule has 0 aromatic carbocycles. The van der Waals surface area contributed by atoms with Crippen LogP contribution in [0.3, 0.4) is 0 Å². The molecule has 22 heavy (non-hydrogen) atoms. The van der Waals surface area contributed by atoms with Gasteiger partial charge in [0.25, 0.3) is 5.91 Å². The van der Waals surface area contributed by atoms with Crippen molar-refractivity contribution in [2.75, 3.05) is 26.2 Å². The maximum atomic E-state index is 11.9. The molecular weight excluding hydrogens is 413 g/mol. The molecule has 0 atom stereocenters. The molecule has 1 amide bonds. The molecule has 1 heterocycles. The van der Waals surface area contributed by atoms with E-state index in [1.165, 1.54) is 11.3 Å². The number of aromatic nitrogens is 1. The highest BCUT2D eigenvalue weighted by Crippen LogP contribution is 2.10. The fourth-order valence-corrected chi connectivity index (χ4v) is 2.29. The smallest absolute Gasteiger partial charge is 0.263 e. The summed E-state index contributed by atoms with van der Waals surface area (Å²) in [5, 5.41) is 9.26. The normalized spacial score (nSPS) is 11.0. The first-order valence-electron chi connectivity index (χ1n) is 7.25. The highest BCUT2D eigenvalue weighted by atomic mass is 127. The first-order chi connectivity index (χ1) is 10.0. The summed E-state index contributed by atoms with van der Waals surface area (Å²) >= 11 is 1.36. The Hall–Kier alpha value is -0.900. The largest absolute Gasteiger partial charge is 0.357 e. The second-order valence-corrected chi connectivity index (χ2v) is 5.92. The minimum atomic E-state index is -0.0686. The van der Waals surface area contributed by atoms with Crippen LogP contribution in [0.25, 0.3) is 0 Å². The average Bonchev–Trinajstić information content (AvgIpc) is 2.86. The first-order valence-corrected chi connectivity index (χ1v) is 8.13. The van der Waals surface area contributed by atoms with Crippen LogP contribution in [0, 0.1) is 12.8 Å². The minimum Gasteiger partial charge on any atom is -0.357 e. The predicted octanol–water partition coefficient (Wildman–Crippen LogP) is 2.01. The second kappa shape index (κ2) is 11.6. The molecule has 1 rings (SSSR count). The number of rotatable bonds is 7. The van der Waals surface area contributed by atoms with Gasteiger partial charge in [-0.1, -0.05) is 13.8 Å². The Labute approximate surface area is 153 Å². The zero-order valence-corrected chi connectivity index (χ0v) is 16.7. The highest BCUT2D eigenvalue weighted by Gasteiger charge is 2.10. The number of hydrogen-bond acceptors (Lipinski definition) is 4. The van der Waals surface area contributed by atoms with Crippen molar-refractivity contribution in [3.05, 3.63) is 16.1 Å². The summed E-state index contributed by atoms with van der Waals surface area (Å²) in [7, 11) is 0. The van der Waals surface area contributed by atoms with Gasteiger partial charge in [0.2, 0.25) is 0 Å². The minimum absolute atomic E-state index is 0. The summed E-state index contributed by atoms with van der Waals surface area (Å²) in [4.78, 5) is 21.1. The van der Waals surface area contributed by atoms with Gasteiger partial charge >= 0.3 is 0 Å². The van der Waals surface area contributed by atoms with E-state index >= 15 is 0 Å². The molecule has 0 bridgehead atoms. The van der Waals surface area contributed by atoms with Gasteiger partial charge in [-0.3, -0.25) is 9.79 Å². The lowest BCUT2D eigenvalue weighted by molar-refractivity contribution is 0.0957. The Kier molecular flexibility index (Phi) is 11.2. The molecule has 3 N–H and O–H groups in total. The number of nitrogens with one attached hydrogen (secondary N) is 3. The Balaban J connectivity index is 0.00000441. The van der Waals surface area contributed by atoms with Crippen molar-refractivity contribution in [1.29, 1.82) is 0 Å². The number of guanidine groups is 1. The maximum Gasteiger partial charge on any atom is 0.263 e. The predicted molar refractivity (Wildman–Crippen MR) is 103 cm³/mol. The van der Waals surface area contributed by atoms with Crippen LogP contribution in [0.2, 0.25) is 0 Å². The molecule has 1 aromatic rings. The summed E-state index contributed by atoms with van der Waals surface area (Å²) in [6.45, 7) is 10.9. The third-order valence-electron chi connectivity index (χ3n) is 2.61. The lowest BCUT2D eigenvalue weighted by atomic mass is 10.2. The van der Waals surface area contributed by atoms with Crippen LogP contribution in [0.5, 0.6) is 0 Å². The third-order valence-corrected chi connectivity index (χ3v) is 3.54. The number of amides is 1. The van der Waals surface area contributed by atoms with E-state index in [1.54, 1.807) is 5.51 Å². The van der Waals surface area contributed by atoms with Crippen molar-refractivity contribution in [3.8, 4) is 0 Å². The number of hydrogen-bond donors (Lipinski definition) is 3. The summed E-state index contributed by atoms with van der Waals surface area (Å²) in [5.74, 6) is 1.24. The van der Waals surface area contributed by atoms with Gasteiger partial charge in [0, 0.05) is 26.2 Å². The van der Waals surface area contributed by atoms with E-state index in [1.807, 2.05) is 13.8 Å². The average molecular weight is 439 g/mol. The Morgan fingerprint density at radius 3 is 2.55 bits per heavy atom. The molecule has 0 fully saturated rings. The van der Waals surface area contributed by atoms with Crippen LogP contribution in [-0.4, -0.2) is 43.0 Å². The van der Waals surface area contributed by atoms with Crippen LogP contribution in [0.1, 0.15) is 36.1 Å². The Morgan fingerprint density at radius 2 is 2.00 bits per heavy atom. The van der Waals surface area contributed by atoms with Crippen LogP contribution < -0.4 is 16.0 Å². The van der Waals surface area contributed by atoms with Gasteiger partial charge in [0.05, 0.1) is 11.2 Å². The number of carbonyl (C=O) groups excluding carboxylic acids is 1. The van der Waals surface area contributed by atoms with Crippen molar-refractivity contribution in [2.45, 2.75) is 27.7 Å².